The number of amides is 1. The van der Waals surface area contributed by atoms with E-state index in [4.69, 9.17) is 12.2 Å². The van der Waals surface area contributed by atoms with Crippen LogP contribution in [-0.2, 0) is 13.1 Å². The first-order valence-electron chi connectivity index (χ1n) is 9.05. The number of benzene rings is 1. The fourth-order valence-electron chi connectivity index (χ4n) is 3.53. The number of carbonyl (C=O) groups excluding carboxylic acids is 1. The molecule has 0 radical (unpaired) electrons. The van der Waals surface area contributed by atoms with Gasteiger partial charge in [0.15, 0.2) is 5.82 Å². The van der Waals surface area contributed by atoms with Gasteiger partial charge in [0.05, 0.1) is 12.2 Å². The standard InChI is InChI=1S/C20H22N4OS/c25-20-19-17(8-9-22-19)24(18(13-26)23-20)12-16-7-2-1-6-15(16)11-21-10-14-4-3-5-14/h1-2,6-9,14,21-22H,3-5,10-12H2,(H,23,25). The Labute approximate surface area is 158 Å². The molecule has 5 nitrogen and oxygen atoms in total. The zero-order chi connectivity index (χ0) is 17.9. The molecule has 0 bridgehead atoms. The van der Waals surface area contributed by atoms with Crippen LogP contribution in [0.4, 0.5) is 5.69 Å². The smallest absolute Gasteiger partial charge is 0.275 e. The SMILES string of the molecule is O=C1NC(=C=S)N(Cc2ccccc2CNCC2CCC2)c2cc[nH]c21. The summed E-state index contributed by atoms with van der Waals surface area (Å²) >= 11 is 5.01. The molecule has 0 atom stereocenters. The van der Waals surface area contributed by atoms with Crippen LogP contribution >= 0.6 is 12.2 Å². The van der Waals surface area contributed by atoms with Gasteiger partial charge in [-0.2, -0.15) is 0 Å². The van der Waals surface area contributed by atoms with E-state index in [2.05, 4.69) is 38.8 Å². The maximum atomic E-state index is 12.1. The largest absolute Gasteiger partial charge is 0.355 e. The molecule has 134 valence electrons. The van der Waals surface area contributed by atoms with Crippen molar-refractivity contribution >= 4 is 28.8 Å². The van der Waals surface area contributed by atoms with Crippen molar-refractivity contribution in [2.75, 3.05) is 11.4 Å². The van der Waals surface area contributed by atoms with E-state index in [0.717, 1.165) is 24.7 Å². The Kier molecular flexibility index (Phi) is 4.89. The normalized spacial score (nSPS) is 16.7. The lowest BCUT2D eigenvalue weighted by Crippen LogP contribution is -2.41. The molecule has 1 aromatic carbocycles. The number of anilines is 1. The van der Waals surface area contributed by atoms with Gasteiger partial charge in [-0.25, -0.2) is 0 Å². The fourth-order valence-corrected chi connectivity index (χ4v) is 3.69. The third-order valence-corrected chi connectivity index (χ3v) is 5.45. The van der Waals surface area contributed by atoms with Gasteiger partial charge in [0, 0.05) is 12.7 Å². The zero-order valence-corrected chi connectivity index (χ0v) is 15.4. The molecule has 1 amide bonds. The highest BCUT2D eigenvalue weighted by molar-refractivity contribution is 7.78. The fraction of sp³-hybridized carbons (Fsp3) is 0.350. The molecule has 0 unspecified atom stereocenters. The number of fused-ring (bicyclic) bond motifs is 1. The van der Waals surface area contributed by atoms with Crippen molar-refractivity contribution in [1.82, 2.24) is 15.6 Å². The quantitative estimate of drug-likeness (QED) is 0.688. The van der Waals surface area contributed by atoms with E-state index in [1.165, 1.54) is 30.4 Å². The second kappa shape index (κ2) is 7.46. The molecule has 0 spiro atoms. The summed E-state index contributed by atoms with van der Waals surface area (Å²) < 4.78 is 0. The van der Waals surface area contributed by atoms with E-state index in [1.54, 1.807) is 6.20 Å². The van der Waals surface area contributed by atoms with Crippen molar-refractivity contribution in [3.63, 3.8) is 0 Å². The molecule has 1 aromatic heterocycles. The van der Waals surface area contributed by atoms with Gasteiger partial charge in [-0.05, 0) is 59.7 Å². The summed E-state index contributed by atoms with van der Waals surface area (Å²) in [5.41, 5.74) is 3.86. The number of H-pyrrole nitrogens is 1. The number of nitrogens with zero attached hydrogens (tertiary/aromatic N) is 1. The average molecular weight is 366 g/mol. The summed E-state index contributed by atoms with van der Waals surface area (Å²) in [6, 6.07) is 10.3. The van der Waals surface area contributed by atoms with E-state index in [-0.39, 0.29) is 5.91 Å². The molecule has 3 N–H and O–H groups in total. The number of hydrogen-bond acceptors (Lipinski definition) is 4. The van der Waals surface area contributed by atoms with Crippen LogP contribution in [-0.4, -0.2) is 22.5 Å². The first-order chi connectivity index (χ1) is 12.8. The number of thiocarbonyl (C=S) groups is 1. The van der Waals surface area contributed by atoms with E-state index in [1.807, 2.05) is 17.0 Å². The van der Waals surface area contributed by atoms with Crippen LogP contribution in [0, 0.1) is 5.92 Å². The van der Waals surface area contributed by atoms with Crippen molar-refractivity contribution in [3.05, 3.63) is 59.2 Å². The van der Waals surface area contributed by atoms with E-state index in [9.17, 15) is 4.79 Å². The maximum Gasteiger partial charge on any atom is 0.275 e. The second-order valence-electron chi connectivity index (χ2n) is 6.93. The molecule has 2 heterocycles. The molecule has 6 heteroatoms. The van der Waals surface area contributed by atoms with Gasteiger partial charge in [0.25, 0.3) is 5.91 Å². The number of nitrogens with one attached hydrogen (secondary N) is 3. The molecule has 2 aromatic rings. The van der Waals surface area contributed by atoms with E-state index >= 15 is 0 Å². The summed E-state index contributed by atoms with van der Waals surface area (Å²) in [5.74, 6) is 1.18. The Balaban J connectivity index is 1.54. The Hall–Kier alpha value is -2.40. The number of aromatic amines is 1. The molecule has 1 fully saturated rings. The van der Waals surface area contributed by atoms with E-state index in [0.29, 0.717) is 18.1 Å². The van der Waals surface area contributed by atoms with Gasteiger partial charge < -0.3 is 15.2 Å². The molecule has 26 heavy (non-hydrogen) atoms. The third kappa shape index (κ3) is 3.31. The summed E-state index contributed by atoms with van der Waals surface area (Å²) in [6.07, 6.45) is 5.84. The highest BCUT2D eigenvalue weighted by Crippen LogP contribution is 2.29. The lowest BCUT2D eigenvalue weighted by atomic mass is 9.85. The monoisotopic (exact) mass is 366 g/mol. The number of aromatic nitrogens is 1. The first kappa shape index (κ1) is 17.0. The molecule has 0 saturated heterocycles. The predicted molar refractivity (Wildman–Crippen MR) is 106 cm³/mol. The van der Waals surface area contributed by atoms with Gasteiger partial charge in [-0.1, -0.05) is 30.7 Å². The lowest BCUT2D eigenvalue weighted by molar-refractivity contribution is 0.0957. The first-order valence-corrected chi connectivity index (χ1v) is 9.46. The van der Waals surface area contributed by atoms with Gasteiger partial charge in [-0.3, -0.25) is 10.1 Å². The predicted octanol–water partition coefficient (Wildman–Crippen LogP) is 3.09. The topological polar surface area (TPSA) is 60.2 Å². The van der Waals surface area contributed by atoms with Crippen LogP contribution in [0.1, 0.15) is 40.9 Å². The minimum atomic E-state index is -0.177. The zero-order valence-electron chi connectivity index (χ0n) is 14.5. The van der Waals surface area contributed by atoms with Crippen molar-refractivity contribution in [1.29, 1.82) is 0 Å². The van der Waals surface area contributed by atoms with Crippen molar-refractivity contribution in [2.45, 2.75) is 32.4 Å². The molecular formula is C20H22N4OS. The second-order valence-corrected chi connectivity index (χ2v) is 7.13. The van der Waals surface area contributed by atoms with Crippen LogP contribution in [0.2, 0.25) is 0 Å². The highest BCUT2D eigenvalue weighted by atomic mass is 32.1. The molecular weight excluding hydrogens is 344 g/mol. The Morgan fingerprint density at radius 1 is 1.23 bits per heavy atom. The molecule has 1 aliphatic heterocycles. The van der Waals surface area contributed by atoms with E-state index < -0.39 is 0 Å². The van der Waals surface area contributed by atoms with Crippen molar-refractivity contribution in [3.8, 4) is 0 Å². The minimum absolute atomic E-state index is 0.177. The molecule has 1 aliphatic carbocycles. The number of rotatable bonds is 6. The molecule has 4 rings (SSSR count). The Morgan fingerprint density at radius 2 is 2.04 bits per heavy atom. The van der Waals surface area contributed by atoms with Crippen molar-refractivity contribution < 1.29 is 4.79 Å². The molecule has 1 saturated carbocycles. The summed E-state index contributed by atoms with van der Waals surface area (Å²) in [5, 5.41) is 9.10. The Morgan fingerprint density at radius 3 is 2.77 bits per heavy atom. The number of carbonyl (C=O) groups is 1. The lowest BCUT2D eigenvalue weighted by Gasteiger charge is -2.30. The highest BCUT2D eigenvalue weighted by Gasteiger charge is 2.28. The third-order valence-electron chi connectivity index (χ3n) is 5.26. The van der Waals surface area contributed by atoms with Gasteiger partial charge in [0.1, 0.15) is 5.69 Å². The van der Waals surface area contributed by atoms with Crippen LogP contribution in [0.3, 0.4) is 0 Å². The van der Waals surface area contributed by atoms with Gasteiger partial charge in [0.2, 0.25) is 0 Å². The van der Waals surface area contributed by atoms with Gasteiger partial charge in [-0.15, -0.1) is 0 Å². The Bertz CT molecular complexity index is 864. The van der Waals surface area contributed by atoms with Crippen molar-refractivity contribution in [2.24, 2.45) is 5.92 Å². The summed E-state index contributed by atoms with van der Waals surface area (Å²) in [4.78, 5) is 17.1. The van der Waals surface area contributed by atoms with Crippen LogP contribution in [0.5, 0.6) is 0 Å². The van der Waals surface area contributed by atoms with Crippen LogP contribution < -0.4 is 15.5 Å². The van der Waals surface area contributed by atoms with Crippen LogP contribution in [0.15, 0.2) is 42.3 Å². The summed E-state index contributed by atoms with van der Waals surface area (Å²) in [6.45, 7) is 2.57. The van der Waals surface area contributed by atoms with Crippen LogP contribution in [0.25, 0.3) is 0 Å². The molecule has 2 aliphatic rings. The number of hydrogen-bond donors (Lipinski definition) is 3. The summed E-state index contributed by atoms with van der Waals surface area (Å²) in [7, 11) is 0. The minimum Gasteiger partial charge on any atom is -0.355 e. The van der Waals surface area contributed by atoms with Gasteiger partial charge >= 0.3 is 0 Å². The average Bonchev–Trinajstić information content (AvgIpc) is 3.11. The maximum absolute atomic E-state index is 12.1.